The molecule has 72 valence electrons. The molecule has 0 saturated heterocycles. The lowest BCUT2D eigenvalue weighted by Gasteiger charge is -2.31. The third kappa shape index (κ3) is 2.09. The molecule has 3 heteroatoms. The topological polar surface area (TPSA) is 37.3 Å². The van der Waals surface area contributed by atoms with Crippen molar-refractivity contribution in [2.24, 2.45) is 0 Å². The van der Waals surface area contributed by atoms with Crippen LogP contribution in [0.1, 0.15) is 27.7 Å². The summed E-state index contributed by atoms with van der Waals surface area (Å²) < 4.78 is 0. The van der Waals surface area contributed by atoms with Gasteiger partial charge in [0.25, 0.3) is 0 Å². The molecule has 0 rings (SSSR count). The van der Waals surface area contributed by atoms with Crippen molar-refractivity contribution < 1.29 is 9.90 Å². The number of carbonyl (C=O) groups is 1. The van der Waals surface area contributed by atoms with Crippen molar-refractivity contribution in [3.05, 3.63) is 0 Å². The summed E-state index contributed by atoms with van der Waals surface area (Å²) in [7, 11) is -1.48. The summed E-state index contributed by atoms with van der Waals surface area (Å²) in [5.74, 6) is -0.604. The lowest BCUT2D eigenvalue weighted by atomic mass is 10.5. The van der Waals surface area contributed by atoms with Gasteiger partial charge in [0.05, 0.1) is 8.07 Å². The molecule has 0 aliphatic carbocycles. The molecule has 2 nitrogen and oxygen atoms in total. The van der Waals surface area contributed by atoms with Gasteiger partial charge in [-0.25, -0.2) is 0 Å². The molecule has 1 unspecified atom stereocenters. The number of hydrogen-bond acceptors (Lipinski definition) is 1. The highest BCUT2D eigenvalue weighted by molar-refractivity contribution is 6.83. The minimum absolute atomic E-state index is 0.0856. The predicted molar refractivity (Wildman–Crippen MR) is 54.3 cm³/mol. The Morgan fingerprint density at radius 2 is 1.58 bits per heavy atom. The van der Waals surface area contributed by atoms with Gasteiger partial charge in [-0.15, -0.1) is 0 Å². The van der Waals surface area contributed by atoms with Gasteiger partial charge in [-0.3, -0.25) is 4.79 Å². The average Bonchev–Trinajstić information content (AvgIpc) is 2.08. The van der Waals surface area contributed by atoms with Gasteiger partial charge < -0.3 is 5.11 Å². The molecule has 0 aromatic heterocycles. The van der Waals surface area contributed by atoms with Crippen LogP contribution in [0.25, 0.3) is 0 Å². The van der Waals surface area contributed by atoms with E-state index in [1.165, 1.54) is 0 Å². The molecule has 0 amide bonds. The molecule has 1 atom stereocenters. The Labute approximate surface area is 76.0 Å². The highest BCUT2D eigenvalue weighted by Crippen LogP contribution is 2.32. The first-order valence-corrected chi connectivity index (χ1v) is 7.46. The number of hydrogen-bond donors (Lipinski definition) is 1. The lowest BCUT2D eigenvalue weighted by molar-refractivity contribution is -0.136. The molecule has 1 N–H and O–H groups in total. The summed E-state index contributed by atoms with van der Waals surface area (Å²) in [6.07, 6.45) is 0. The van der Waals surface area contributed by atoms with Crippen LogP contribution < -0.4 is 0 Å². The van der Waals surface area contributed by atoms with Gasteiger partial charge in [0, 0.05) is 5.54 Å². The van der Waals surface area contributed by atoms with E-state index in [0.29, 0.717) is 0 Å². The zero-order valence-corrected chi connectivity index (χ0v) is 9.55. The molecule has 0 radical (unpaired) electrons. The standard InChI is InChI=1S/C9H20O2Si/c1-5-12(6-2,7-3)8(4)9(10)11/h8H,5-7H2,1-4H3,(H,10,11). The summed E-state index contributed by atoms with van der Waals surface area (Å²) >= 11 is 0. The Kier molecular flexibility index (Phi) is 4.53. The van der Waals surface area contributed by atoms with Gasteiger partial charge >= 0.3 is 5.97 Å². The molecule has 0 aromatic rings. The Morgan fingerprint density at radius 1 is 1.25 bits per heavy atom. The molecule has 0 aliphatic heterocycles. The summed E-state index contributed by atoms with van der Waals surface area (Å²) in [4.78, 5) is 10.9. The smallest absolute Gasteiger partial charge is 0.303 e. The Bertz CT molecular complexity index is 144. The second-order valence-electron chi connectivity index (χ2n) is 3.48. The third-order valence-corrected chi connectivity index (χ3v) is 9.71. The zero-order chi connectivity index (χ0) is 9.78. The monoisotopic (exact) mass is 188 g/mol. The molecular formula is C9H20O2Si. The highest BCUT2D eigenvalue weighted by atomic mass is 28.3. The molecule has 0 aliphatic rings. The largest absolute Gasteiger partial charge is 0.481 e. The molecule has 0 fully saturated rings. The summed E-state index contributed by atoms with van der Waals surface area (Å²) in [5.41, 5.74) is -0.0856. The third-order valence-electron chi connectivity index (χ3n) is 3.40. The second kappa shape index (κ2) is 4.65. The van der Waals surface area contributed by atoms with E-state index in [9.17, 15) is 4.79 Å². The van der Waals surface area contributed by atoms with E-state index in [-0.39, 0.29) is 5.54 Å². The van der Waals surface area contributed by atoms with Gasteiger partial charge in [-0.05, 0) is 0 Å². The minimum atomic E-state index is -1.48. The van der Waals surface area contributed by atoms with Crippen molar-refractivity contribution in [1.29, 1.82) is 0 Å². The average molecular weight is 188 g/mol. The maximum atomic E-state index is 10.9. The summed E-state index contributed by atoms with van der Waals surface area (Å²) in [6.45, 7) is 8.29. The molecule has 0 heterocycles. The van der Waals surface area contributed by atoms with Crippen LogP contribution in [0, 0.1) is 0 Å². The van der Waals surface area contributed by atoms with Gasteiger partial charge in [-0.2, -0.15) is 0 Å². The van der Waals surface area contributed by atoms with Crippen LogP contribution in [0.5, 0.6) is 0 Å². The van der Waals surface area contributed by atoms with Crippen molar-refractivity contribution in [3.8, 4) is 0 Å². The first kappa shape index (κ1) is 11.7. The molecule has 0 aromatic carbocycles. The summed E-state index contributed by atoms with van der Waals surface area (Å²) in [6, 6.07) is 3.27. The van der Waals surface area contributed by atoms with Crippen molar-refractivity contribution in [2.45, 2.75) is 51.4 Å². The molecule has 12 heavy (non-hydrogen) atoms. The Hall–Kier alpha value is -0.313. The van der Waals surface area contributed by atoms with Gasteiger partial charge in [0.1, 0.15) is 0 Å². The van der Waals surface area contributed by atoms with Gasteiger partial charge in [0.15, 0.2) is 0 Å². The number of rotatable bonds is 5. The van der Waals surface area contributed by atoms with Crippen molar-refractivity contribution in [3.63, 3.8) is 0 Å². The van der Waals surface area contributed by atoms with Crippen LogP contribution in [0.2, 0.25) is 23.7 Å². The van der Waals surface area contributed by atoms with E-state index in [0.717, 1.165) is 18.1 Å². The maximum Gasteiger partial charge on any atom is 0.303 e. The molecule has 0 saturated carbocycles. The minimum Gasteiger partial charge on any atom is -0.481 e. The fourth-order valence-electron chi connectivity index (χ4n) is 1.93. The van der Waals surface area contributed by atoms with Crippen LogP contribution >= 0.6 is 0 Å². The van der Waals surface area contributed by atoms with E-state index >= 15 is 0 Å². The van der Waals surface area contributed by atoms with Crippen molar-refractivity contribution >= 4 is 14.0 Å². The van der Waals surface area contributed by atoms with E-state index < -0.39 is 14.0 Å². The number of aliphatic carboxylic acids is 1. The molecular weight excluding hydrogens is 168 g/mol. The normalized spacial score (nSPS) is 14.3. The van der Waals surface area contributed by atoms with Gasteiger partial charge in [-0.1, -0.05) is 45.8 Å². The second-order valence-corrected chi connectivity index (χ2v) is 9.20. The number of carboxylic acids is 1. The first-order valence-electron chi connectivity index (χ1n) is 4.76. The van der Waals surface area contributed by atoms with Crippen LogP contribution in [-0.2, 0) is 4.79 Å². The predicted octanol–water partition coefficient (Wildman–Crippen LogP) is 2.97. The SMILES string of the molecule is CC[Si](CC)(CC)C(C)C(=O)O. The fourth-order valence-corrected chi connectivity index (χ4v) is 5.79. The lowest BCUT2D eigenvalue weighted by Crippen LogP contribution is -2.39. The van der Waals surface area contributed by atoms with E-state index in [1.54, 1.807) is 0 Å². The van der Waals surface area contributed by atoms with Crippen LogP contribution in [-0.4, -0.2) is 19.1 Å². The van der Waals surface area contributed by atoms with Crippen LogP contribution in [0.3, 0.4) is 0 Å². The van der Waals surface area contributed by atoms with Crippen molar-refractivity contribution in [2.75, 3.05) is 0 Å². The van der Waals surface area contributed by atoms with E-state index in [4.69, 9.17) is 5.11 Å². The maximum absolute atomic E-state index is 10.9. The Morgan fingerprint density at radius 3 is 1.67 bits per heavy atom. The highest BCUT2D eigenvalue weighted by Gasteiger charge is 2.37. The quantitative estimate of drug-likeness (QED) is 0.673. The molecule has 0 bridgehead atoms. The van der Waals surface area contributed by atoms with Gasteiger partial charge in [0.2, 0.25) is 0 Å². The first-order chi connectivity index (χ1) is 5.54. The summed E-state index contributed by atoms with van der Waals surface area (Å²) in [5, 5.41) is 8.95. The molecule has 0 spiro atoms. The van der Waals surface area contributed by atoms with Crippen molar-refractivity contribution in [1.82, 2.24) is 0 Å². The fraction of sp³-hybridized carbons (Fsp3) is 0.889. The van der Waals surface area contributed by atoms with Crippen LogP contribution in [0.4, 0.5) is 0 Å². The Balaban J connectivity index is 4.58. The van der Waals surface area contributed by atoms with Crippen LogP contribution in [0.15, 0.2) is 0 Å². The zero-order valence-electron chi connectivity index (χ0n) is 8.55. The van der Waals surface area contributed by atoms with E-state index in [1.807, 2.05) is 6.92 Å². The van der Waals surface area contributed by atoms with E-state index in [2.05, 4.69) is 20.8 Å². The number of carboxylic acid groups (broad SMARTS) is 1.